The number of carbonyl (C=O) groups is 4. The SMILES string of the molecule is CCOC(=O)c1c(NC(=O)COC(=O)COc2cccc(C)c2)sc(C(=O)Nc2ccccc2)c1C. The molecule has 0 aliphatic carbocycles. The summed E-state index contributed by atoms with van der Waals surface area (Å²) in [6.45, 7) is 4.29. The minimum Gasteiger partial charge on any atom is -0.482 e. The number of ether oxygens (including phenoxy) is 3. The number of hydrogen-bond donors (Lipinski definition) is 2. The highest BCUT2D eigenvalue weighted by Crippen LogP contribution is 2.34. The zero-order valence-corrected chi connectivity index (χ0v) is 20.9. The molecule has 9 nitrogen and oxygen atoms in total. The second-order valence-corrected chi connectivity index (χ2v) is 8.64. The molecule has 36 heavy (non-hydrogen) atoms. The summed E-state index contributed by atoms with van der Waals surface area (Å²) < 4.78 is 15.4. The molecule has 0 fully saturated rings. The van der Waals surface area contributed by atoms with E-state index >= 15 is 0 Å². The molecule has 0 bridgehead atoms. The summed E-state index contributed by atoms with van der Waals surface area (Å²) in [6, 6.07) is 16.0. The number of aryl methyl sites for hydroxylation is 1. The highest BCUT2D eigenvalue weighted by molar-refractivity contribution is 7.19. The Balaban J connectivity index is 1.66. The summed E-state index contributed by atoms with van der Waals surface area (Å²) in [4.78, 5) is 50.1. The monoisotopic (exact) mass is 510 g/mol. The Hall–Kier alpha value is -4.18. The van der Waals surface area contributed by atoms with Gasteiger partial charge in [0.1, 0.15) is 10.8 Å². The third kappa shape index (κ3) is 7.16. The number of para-hydroxylation sites is 1. The second kappa shape index (κ2) is 12.5. The van der Waals surface area contributed by atoms with E-state index in [-0.39, 0.29) is 28.7 Å². The summed E-state index contributed by atoms with van der Waals surface area (Å²) in [5, 5.41) is 5.43. The number of rotatable bonds is 10. The van der Waals surface area contributed by atoms with Crippen molar-refractivity contribution in [3.63, 3.8) is 0 Å². The summed E-state index contributed by atoms with van der Waals surface area (Å²) in [6.07, 6.45) is 0. The molecular weight excluding hydrogens is 484 g/mol. The van der Waals surface area contributed by atoms with Crippen LogP contribution in [-0.2, 0) is 19.1 Å². The fourth-order valence-electron chi connectivity index (χ4n) is 3.17. The smallest absolute Gasteiger partial charge is 0.344 e. The lowest BCUT2D eigenvalue weighted by atomic mass is 10.1. The molecule has 3 rings (SSSR count). The summed E-state index contributed by atoms with van der Waals surface area (Å²) in [5.41, 5.74) is 1.99. The van der Waals surface area contributed by atoms with E-state index in [2.05, 4.69) is 10.6 Å². The molecule has 0 atom stereocenters. The predicted octanol–water partition coefficient (Wildman–Crippen LogP) is 4.35. The van der Waals surface area contributed by atoms with Crippen LogP contribution in [0, 0.1) is 13.8 Å². The average molecular weight is 511 g/mol. The second-order valence-electron chi connectivity index (χ2n) is 7.61. The van der Waals surface area contributed by atoms with Crippen LogP contribution in [0.25, 0.3) is 0 Å². The van der Waals surface area contributed by atoms with Crippen molar-refractivity contribution >= 4 is 45.8 Å². The molecule has 2 N–H and O–H groups in total. The van der Waals surface area contributed by atoms with Gasteiger partial charge in [0.15, 0.2) is 13.2 Å². The Labute approximate surface area is 212 Å². The van der Waals surface area contributed by atoms with Crippen LogP contribution in [-0.4, -0.2) is 43.6 Å². The van der Waals surface area contributed by atoms with Crippen molar-refractivity contribution in [1.82, 2.24) is 0 Å². The molecule has 0 aliphatic rings. The minimum atomic E-state index is -0.734. The quantitative estimate of drug-likeness (QED) is 0.389. The van der Waals surface area contributed by atoms with Gasteiger partial charge >= 0.3 is 11.9 Å². The van der Waals surface area contributed by atoms with E-state index in [0.717, 1.165) is 16.9 Å². The zero-order chi connectivity index (χ0) is 26.1. The van der Waals surface area contributed by atoms with Crippen LogP contribution in [0.15, 0.2) is 54.6 Å². The van der Waals surface area contributed by atoms with Gasteiger partial charge in [-0.05, 0) is 56.2 Å². The molecule has 0 radical (unpaired) electrons. The molecule has 188 valence electrons. The standard InChI is InChI=1S/C26H26N2O7S/c1-4-33-26(32)22-17(3)23(24(31)27-18-10-6-5-7-11-18)36-25(22)28-20(29)14-35-21(30)15-34-19-12-8-9-16(2)13-19/h5-13H,4,14-15H2,1-3H3,(H,27,31)(H,28,29). The normalized spacial score (nSPS) is 10.3. The van der Waals surface area contributed by atoms with E-state index in [1.165, 1.54) is 0 Å². The summed E-state index contributed by atoms with van der Waals surface area (Å²) in [7, 11) is 0. The Morgan fingerprint density at radius 3 is 2.33 bits per heavy atom. The van der Waals surface area contributed by atoms with Crippen LogP contribution in [0.3, 0.4) is 0 Å². The maximum Gasteiger partial charge on any atom is 0.344 e. The van der Waals surface area contributed by atoms with Gasteiger partial charge in [0.05, 0.1) is 17.0 Å². The highest BCUT2D eigenvalue weighted by Gasteiger charge is 2.27. The molecule has 1 heterocycles. The van der Waals surface area contributed by atoms with Gasteiger partial charge in [-0.2, -0.15) is 0 Å². The molecule has 0 spiro atoms. The van der Waals surface area contributed by atoms with Crippen molar-refractivity contribution in [3.8, 4) is 5.75 Å². The van der Waals surface area contributed by atoms with Gasteiger partial charge < -0.3 is 24.8 Å². The fraction of sp³-hybridized carbons (Fsp3) is 0.231. The van der Waals surface area contributed by atoms with Crippen LogP contribution >= 0.6 is 11.3 Å². The van der Waals surface area contributed by atoms with Crippen LogP contribution < -0.4 is 15.4 Å². The van der Waals surface area contributed by atoms with Crippen molar-refractivity contribution in [2.75, 3.05) is 30.5 Å². The van der Waals surface area contributed by atoms with E-state index in [4.69, 9.17) is 14.2 Å². The van der Waals surface area contributed by atoms with E-state index in [9.17, 15) is 19.2 Å². The molecule has 0 saturated heterocycles. The predicted molar refractivity (Wildman–Crippen MR) is 136 cm³/mol. The van der Waals surface area contributed by atoms with Gasteiger partial charge in [0.2, 0.25) is 0 Å². The van der Waals surface area contributed by atoms with Crippen molar-refractivity contribution in [1.29, 1.82) is 0 Å². The maximum absolute atomic E-state index is 12.8. The number of carbonyl (C=O) groups excluding carboxylic acids is 4. The third-order valence-electron chi connectivity index (χ3n) is 4.83. The van der Waals surface area contributed by atoms with Gasteiger partial charge in [-0.1, -0.05) is 30.3 Å². The Morgan fingerprint density at radius 2 is 1.64 bits per heavy atom. The van der Waals surface area contributed by atoms with Gasteiger partial charge in [-0.25, -0.2) is 9.59 Å². The Bertz CT molecular complexity index is 1250. The number of hydrogen-bond acceptors (Lipinski definition) is 8. The number of amides is 2. The number of esters is 2. The minimum absolute atomic E-state index is 0.0718. The lowest BCUT2D eigenvalue weighted by Gasteiger charge is -2.09. The molecule has 0 saturated carbocycles. The van der Waals surface area contributed by atoms with Gasteiger partial charge in [0.25, 0.3) is 11.8 Å². The molecule has 2 amide bonds. The third-order valence-corrected chi connectivity index (χ3v) is 6.03. The topological polar surface area (TPSA) is 120 Å². The van der Waals surface area contributed by atoms with E-state index in [0.29, 0.717) is 17.0 Å². The number of thiophene rings is 1. The number of anilines is 2. The van der Waals surface area contributed by atoms with E-state index in [1.807, 2.05) is 19.1 Å². The number of benzene rings is 2. The molecule has 0 aliphatic heterocycles. The van der Waals surface area contributed by atoms with Crippen molar-refractivity contribution in [2.45, 2.75) is 20.8 Å². The van der Waals surface area contributed by atoms with E-state index in [1.54, 1.807) is 56.3 Å². The molecule has 2 aromatic carbocycles. The summed E-state index contributed by atoms with van der Waals surface area (Å²) in [5.74, 6) is -2.02. The van der Waals surface area contributed by atoms with Gasteiger partial charge in [-0.15, -0.1) is 11.3 Å². The average Bonchev–Trinajstić information content (AvgIpc) is 3.18. The van der Waals surface area contributed by atoms with Crippen molar-refractivity contribution < 1.29 is 33.4 Å². The largest absolute Gasteiger partial charge is 0.482 e. The van der Waals surface area contributed by atoms with Crippen LogP contribution in [0.2, 0.25) is 0 Å². The van der Waals surface area contributed by atoms with E-state index < -0.39 is 30.4 Å². The Morgan fingerprint density at radius 1 is 0.889 bits per heavy atom. The van der Waals surface area contributed by atoms with Crippen molar-refractivity contribution in [2.24, 2.45) is 0 Å². The van der Waals surface area contributed by atoms with Crippen molar-refractivity contribution in [3.05, 3.63) is 76.2 Å². The molecule has 1 aromatic heterocycles. The molecular formula is C26H26N2O7S. The number of nitrogens with one attached hydrogen (secondary N) is 2. The molecule has 3 aromatic rings. The first-order valence-electron chi connectivity index (χ1n) is 11.1. The van der Waals surface area contributed by atoms with Gasteiger partial charge in [0, 0.05) is 5.69 Å². The highest BCUT2D eigenvalue weighted by atomic mass is 32.1. The fourth-order valence-corrected chi connectivity index (χ4v) is 4.28. The lowest BCUT2D eigenvalue weighted by molar-refractivity contribution is -0.149. The van der Waals surface area contributed by atoms with Gasteiger partial charge in [-0.3, -0.25) is 9.59 Å². The first-order chi connectivity index (χ1) is 17.3. The molecule has 0 unspecified atom stereocenters. The van der Waals surface area contributed by atoms with Crippen LogP contribution in [0.5, 0.6) is 5.75 Å². The lowest BCUT2D eigenvalue weighted by Crippen LogP contribution is -2.24. The molecule has 10 heteroatoms. The zero-order valence-electron chi connectivity index (χ0n) is 20.1. The van der Waals surface area contributed by atoms with Crippen LogP contribution in [0.1, 0.15) is 38.1 Å². The van der Waals surface area contributed by atoms with Crippen LogP contribution in [0.4, 0.5) is 10.7 Å². The maximum atomic E-state index is 12.8. The summed E-state index contributed by atoms with van der Waals surface area (Å²) >= 11 is 0.929. The first kappa shape index (κ1) is 26.4. The Kier molecular flexibility index (Phi) is 9.18. The first-order valence-corrected chi connectivity index (χ1v) is 11.9.